The van der Waals surface area contributed by atoms with E-state index in [1.807, 2.05) is 24.3 Å². The van der Waals surface area contributed by atoms with E-state index in [0.717, 1.165) is 23.0 Å². The number of methoxy groups -OCH3 is 2. The molecule has 1 aliphatic heterocycles. The largest absolute Gasteiger partial charge is 0.497 e. The molecule has 0 unspecified atom stereocenters. The van der Waals surface area contributed by atoms with E-state index in [0.29, 0.717) is 36.4 Å². The summed E-state index contributed by atoms with van der Waals surface area (Å²) in [5.74, 6) is 1.18. The van der Waals surface area contributed by atoms with Crippen molar-refractivity contribution in [1.82, 2.24) is 9.29 Å². The molecule has 10 heteroatoms. The fourth-order valence-corrected chi connectivity index (χ4v) is 6.58. The number of halogens is 1. The summed E-state index contributed by atoms with van der Waals surface area (Å²) in [6.07, 6.45) is 0.748. The second-order valence-electron chi connectivity index (χ2n) is 7.33. The van der Waals surface area contributed by atoms with Crippen molar-refractivity contribution in [2.45, 2.75) is 11.3 Å². The zero-order valence-corrected chi connectivity index (χ0v) is 21.0. The van der Waals surface area contributed by atoms with Crippen LogP contribution in [0.15, 0.2) is 57.2 Å². The van der Waals surface area contributed by atoms with Crippen LogP contribution in [0.5, 0.6) is 11.5 Å². The highest BCUT2D eigenvalue weighted by Crippen LogP contribution is 2.31. The van der Waals surface area contributed by atoms with Gasteiger partial charge in [0, 0.05) is 42.5 Å². The lowest BCUT2D eigenvalue weighted by molar-refractivity contribution is 0.374. The average molecular weight is 538 g/mol. The Kier molecular flexibility index (Phi) is 7.04. The van der Waals surface area contributed by atoms with Gasteiger partial charge in [0.25, 0.3) is 0 Å². The van der Waals surface area contributed by atoms with Gasteiger partial charge in [-0.05, 0) is 35.9 Å². The van der Waals surface area contributed by atoms with Crippen LogP contribution in [0.4, 0.5) is 5.13 Å². The topological polar surface area (TPSA) is 72.0 Å². The molecule has 2 aromatic carbocycles. The maximum Gasteiger partial charge on any atom is 0.246 e. The fraction of sp³-hybridized carbons (Fsp3) is 0.318. The monoisotopic (exact) mass is 537 g/mol. The summed E-state index contributed by atoms with van der Waals surface area (Å²) >= 11 is 4.95. The summed E-state index contributed by atoms with van der Waals surface area (Å²) < 4.78 is 39.1. The Hall–Kier alpha value is -2.14. The number of rotatable bonds is 7. The molecule has 0 saturated carbocycles. The van der Waals surface area contributed by atoms with Gasteiger partial charge >= 0.3 is 0 Å². The minimum Gasteiger partial charge on any atom is -0.497 e. The van der Waals surface area contributed by atoms with Gasteiger partial charge in [-0.1, -0.05) is 28.1 Å². The van der Waals surface area contributed by atoms with E-state index in [4.69, 9.17) is 14.5 Å². The Balaban J connectivity index is 1.41. The number of anilines is 1. The number of aromatic nitrogens is 1. The van der Waals surface area contributed by atoms with Gasteiger partial charge in [-0.15, -0.1) is 11.3 Å². The predicted octanol–water partition coefficient (Wildman–Crippen LogP) is 4.02. The summed E-state index contributed by atoms with van der Waals surface area (Å²) in [6.45, 7) is 1.97. The maximum absolute atomic E-state index is 13.2. The summed E-state index contributed by atoms with van der Waals surface area (Å²) in [7, 11) is -0.517. The smallest absolute Gasteiger partial charge is 0.246 e. The SMILES string of the molecule is COc1ccc(Cc2csc(N3CCN(S(=O)(=O)c4cc(Br)ccc4OC)CC3)n2)cc1. The zero-order valence-electron chi connectivity index (χ0n) is 17.8. The molecule has 4 rings (SSSR count). The molecule has 1 fully saturated rings. The Morgan fingerprint density at radius 2 is 1.75 bits per heavy atom. The van der Waals surface area contributed by atoms with Crippen molar-refractivity contribution in [3.05, 3.63) is 63.6 Å². The van der Waals surface area contributed by atoms with Gasteiger partial charge in [0.1, 0.15) is 16.4 Å². The molecule has 7 nitrogen and oxygen atoms in total. The third kappa shape index (κ3) is 4.93. The molecule has 0 radical (unpaired) electrons. The molecule has 0 N–H and O–H groups in total. The number of hydrogen-bond acceptors (Lipinski definition) is 7. The summed E-state index contributed by atoms with van der Waals surface area (Å²) in [6, 6.07) is 13.0. The molecule has 1 saturated heterocycles. The van der Waals surface area contributed by atoms with Crippen molar-refractivity contribution >= 4 is 42.4 Å². The highest BCUT2D eigenvalue weighted by atomic mass is 79.9. The van der Waals surface area contributed by atoms with Crippen molar-refractivity contribution < 1.29 is 17.9 Å². The first-order valence-corrected chi connectivity index (χ1v) is 13.2. The second-order valence-corrected chi connectivity index (χ2v) is 11.0. The Morgan fingerprint density at radius 1 is 1.03 bits per heavy atom. The van der Waals surface area contributed by atoms with E-state index in [1.165, 1.54) is 17.0 Å². The van der Waals surface area contributed by atoms with Gasteiger partial charge < -0.3 is 14.4 Å². The van der Waals surface area contributed by atoms with Gasteiger partial charge in [0.15, 0.2) is 5.13 Å². The lowest BCUT2D eigenvalue weighted by atomic mass is 10.1. The fourth-order valence-electron chi connectivity index (χ4n) is 3.59. The number of benzene rings is 2. The number of piperazine rings is 1. The predicted molar refractivity (Wildman–Crippen MR) is 130 cm³/mol. The van der Waals surface area contributed by atoms with Crippen LogP contribution in [0.3, 0.4) is 0 Å². The normalized spacial score (nSPS) is 15.0. The van der Waals surface area contributed by atoms with Crippen molar-refractivity contribution in [1.29, 1.82) is 0 Å². The molecule has 32 heavy (non-hydrogen) atoms. The van der Waals surface area contributed by atoms with Gasteiger partial charge in [0.05, 0.1) is 19.9 Å². The zero-order chi connectivity index (χ0) is 22.7. The van der Waals surface area contributed by atoms with Gasteiger partial charge in [-0.25, -0.2) is 13.4 Å². The minimum absolute atomic E-state index is 0.179. The van der Waals surface area contributed by atoms with Gasteiger partial charge in [0.2, 0.25) is 10.0 Å². The lowest BCUT2D eigenvalue weighted by Gasteiger charge is -2.34. The highest BCUT2D eigenvalue weighted by Gasteiger charge is 2.31. The van der Waals surface area contributed by atoms with Crippen LogP contribution in [0, 0.1) is 0 Å². The number of thiazole rings is 1. The van der Waals surface area contributed by atoms with Crippen LogP contribution in [0.2, 0.25) is 0 Å². The van der Waals surface area contributed by atoms with Crippen molar-refractivity contribution in [2.24, 2.45) is 0 Å². The third-order valence-corrected chi connectivity index (χ3v) is 8.70. The van der Waals surface area contributed by atoms with Crippen LogP contribution >= 0.6 is 27.3 Å². The molecular formula is C22H24BrN3O4S2. The first kappa shape index (κ1) is 23.0. The molecule has 1 aliphatic rings. The Morgan fingerprint density at radius 3 is 2.41 bits per heavy atom. The number of nitrogens with zero attached hydrogens (tertiary/aromatic N) is 3. The van der Waals surface area contributed by atoms with Crippen LogP contribution in [0.1, 0.15) is 11.3 Å². The molecule has 3 aromatic rings. The first-order valence-electron chi connectivity index (χ1n) is 10.1. The molecule has 1 aromatic heterocycles. The van der Waals surface area contributed by atoms with Gasteiger partial charge in [-0.3, -0.25) is 0 Å². The molecule has 0 aliphatic carbocycles. The highest BCUT2D eigenvalue weighted by molar-refractivity contribution is 9.10. The summed E-state index contributed by atoms with van der Waals surface area (Å²) in [5.41, 5.74) is 2.17. The standard InChI is InChI=1S/C22H24BrN3O4S2/c1-29-19-6-3-16(4-7-19)13-18-15-31-22(24-18)25-9-11-26(12-10-25)32(27,28)21-14-17(23)5-8-20(21)30-2/h3-8,14-15H,9-13H2,1-2H3. The Bertz CT molecular complexity index is 1170. The summed E-state index contributed by atoms with van der Waals surface area (Å²) in [4.78, 5) is 7.10. The molecule has 2 heterocycles. The first-order chi connectivity index (χ1) is 15.4. The number of ether oxygens (including phenoxy) is 2. The lowest BCUT2D eigenvalue weighted by Crippen LogP contribution is -2.48. The van der Waals surface area contributed by atoms with E-state index in [2.05, 4.69) is 26.2 Å². The van der Waals surface area contributed by atoms with Crippen molar-refractivity contribution in [3.63, 3.8) is 0 Å². The molecule has 0 amide bonds. The van der Waals surface area contributed by atoms with E-state index >= 15 is 0 Å². The van der Waals surface area contributed by atoms with Crippen LogP contribution in [-0.4, -0.2) is 58.1 Å². The van der Waals surface area contributed by atoms with E-state index in [1.54, 1.807) is 36.6 Å². The molecular weight excluding hydrogens is 514 g/mol. The molecule has 170 valence electrons. The summed E-state index contributed by atoms with van der Waals surface area (Å²) in [5, 5.41) is 2.99. The van der Waals surface area contributed by atoms with E-state index in [9.17, 15) is 8.42 Å². The maximum atomic E-state index is 13.2. The number of hydrogen-bond donors (Lipinski definition) is 0. The average Bonchev–Trinajstić information content (AvgIpc) is 3.28. The number of sulfonamides is 1. The van der Waals surface area contributed by atoms with Crippen LogP contribution in [0.25, 0.3) is 0 Å². The van der Waals surface area contributed by atoms with Crippen molar-refractivity contribution in [2.75, 3.05) is 45.3 Å². The molecule has 0 bridgehead atoms. The van der Waals surface area contributed by atoms with E-state index in [-0.39, 0.29) is 4.90 Å². The molecule has 0 spiro atoms. The third-order valence-electron chi connectivity index (χ3n) is 5.34. The van der Waals surface area contributed by atoms with Gasteiger partial charge in [-0.2, -0.15) is 4.31 Å². The van der Waals surface area contributed by atoms with Crippen molar-refractivity contribution in [3.8, 4) is 11.5 Å². The molecule has 0 atom stereocenters. The second kappa shape index (κ2) is 9.78. The Labute approximate surface area is 200 Å². The van der Waals surface area contributed by atoms with Crippen LogP contribution < -0.4 is 14.4 Å². The quantitative estimate of drug-likeness (QED) is 0.453. The minimum atomic E-state index is -3.65. The van der Waals surface area contributed by atoms with Crippen LogP contribution in [-0.2, 0) is 16.4 Å². The van der Waals surface area contributed by atoms with E-state index < -0.39 is 10.0 Å².